The summed E-state index contributed by atoms with van der Waals surface area (Å²) in [4.78, 5) is 26.5. The number of nitrogens with zero attached hydrogens (tertiary/aromatic N) is 3. The van der Waals surface area contributed by atoms with Crippen molar-refractivity contribution in [2.45, 2.75) is 25.7 Å². The van der Waals surface area contributed by atoms with E-state index in [4.69, 9.17) is 0 Å². The van der Waals surface area contributed by atoms with Crippen molar-refractivity contribution in [1.29, 1.82) is 0 Å². The topological polar surface area (TPSA) is 67.2 Å². The molecule has 2 heterocycles. The Bertz CT molecular complexity index is 811. The molecule has 4 rings (SSSR count). The van der Waals surface area contributed by atoms with Crippen LogP contribution in [0.15, 0.2) is 30.6 Å². The summed E-state index contributed by atoms with van der Waals surface area (Å²) in [7, 11) is 1.80. The molecule has 1 saturated heterocycles. The van der Waals surface area contributed by atoms with Gasteiger partial charge in [-0.1, -0.05) is 6.07 Å². The number of nitrogens with one attached hydrogen (secondary N) is 1. The molecule has 1 N–H and O–H groups in total. The van der Waals surface area contributed by atoms with E-state index in [0.717, 1.165) is 18.5 Å². The smallest absolute Gasteiger partial charge is 0.229 e. The second-order valence-electron chi connectivity index (χ2n) is 6.60. The van der Waals surface area contributed by atoms with Crippen LogP contribution in [-0.4, -0.2) is 28.1 Å². The van der Waals surface area contributed by atoms with Crippen molar-refractivity contribution in [3.05, 3.63) is 41.7 Å². The molecule has 0 radical (unpaired) electrons. The van der Waals surface area contributed by atoms with Crippen molar-refractivity contribution in [2.75, 3.05) is 16.8 Å². The van der Waals surface area contributed by atoms with Gasteiger partial charge in [0.05, 0.1) is 17.8 Å². The van der Waals surface area contributed by atoms with Crippen LogP contribution in [0, 0.1) is 5.92 Å². The van der Waals surface area contributed by atoms with Crippen LogP contribution in [-0.2, 0) is 29.5 Å². The van der Waals surface area contributed by atoms with Gasteiger partial charge < -0.3 is 10.2 Å². The molecule has 1 atom stereocenters. The van der Waals surface area contributed by atoms with Crippen LogP contribution < -0.4 is 10.2 Å². The maximum Gasteiger partial charge on any atom is 0.229 e. The van der Waals surface area contributed by atoms with E-state index in [1.807, 2.05) is 6.07 Å². The molecule has 0 spiro atoms. The number of amides is 2. The first kappa shape index (κ1) is 14.9. The highest BCUT2D eigenvalue weighted by Crippen LogP contribution is 2.30. The Hall–Kier alpha value is -2.63. The Labute approximate surface area is 140 Å². The van der Waals surface area contributed by atoms with Gasteiger partial charge in [0.25, 0.3) is 0 Å². The molecule has 1 aromatic carbocycles. The fourth-order valence-corrected chi connectivity index (χ4v) is 3.59. The van der Waals surface area contributed by atoms with E-state index in [-0.39, 0.29) is 24.2 Å². The monoisotopic (exact) mass is 324 g/mol. The normalized spacial score (nSPS) is 19.6. The fraction of sp³-hybridized carbons (Fsp3) is 0.389. The van der Waals surface area contributed by atoms with Crippen LogP contribution in [0.4, 0.5) is 11.4 Å². The van der Waals surface area contributed by atoms with Crippen molar-refractivity contribution >= 4 is 23.2 Å². The van der Waals surface area contributed by atoms with Gasteiger partial charge in [-0.15, -0.1) is 0 Å². The van der Waals surface area contributed by atoms with Gasteiger partial charge in [0.2, 0.25) is 11.8 Å². The van der Waals surface area contributed by atoms with Gasteiger partial charge in [-0.25, -0.2) is 0 Å². The van der Waals surface area contributed by atoms with Gasteiger partial charge in [0, 0.05) is 31.9 Å². The fourth-order valence-electron chi connectivity index (χ4n) is 3.59. The number of fused-ring (bicyclic) bond motifs is 1. The minimum absolute atomic E-state index is 0.0132. The predicted molar refractivity (Wildman–Crippen MR) is 90.8 cm³/mol. The molecular weight excluding hydrogens is 304 g/mol. The summed E-state index contributed by atoms with van der Waals surface area (Å²) in [5, 5.41) is 6.87. The first-order chi connectivity index (χ1) is 11.6. The Morgan fingerprint density at radius 2 is 2.12 bits per heavy atom. The zero-order valence-electron chi connectivity index (χ0n) is 13.7. The van der Waals surface area contributed by atoms with Crippen molar-refractivity contribution < 1.29 is 9.59 Å². The SMILES string of the molecule is Cn1cc(NC(=O)C2CC(=O)N(c3ccc4c(c3)CCC4)C2)cn1. The quantitative estimate of drug-likeness (QED) is 0.938. The second-order valence-corrected chi connectivity index (χ2v) is 6.60. The second kappa shape index (κ2) is 5.78. The summed E-state index contributed by atoms with van der Waals surface area (Å²) in [5.41, 5.74) is 4.29. The summed E-state index contributed by atoms with van der Waals surface area (Å²) in [6, 6.07) is 6.24. The molecule has 0 bridgehead atoms. The Kier molecular flexibility index (Phi) is 3.59. The lowest BCUT2D eigenvalue weighted by Crippen LogP contribution is -2.28. The lowest BCUT2D eigenvalue weighted by molar-refractivity contribution is -0.122. The third kappa shape index (κ3) is 2.68. The zero-order valence-corrected chi connectivity index (χ0v) is 13.7. The van der Waals surface area contributed by atoms with Crippen LogP contribution in [0.25, 0.3) is 0 Å². The minimum atomic E-state index is -0.328. The number of aromatic nitrogens is 2. The van der Waals surface area contributed by atoms with Gasteiger partial charge in [0.1, 0.15) is 0 Å². The largest absolute Gasteiger partial charge is 0.323 e. The zero-order chi connectivity index (χ0) is 16.7. The summed E-state index contributed by atoms with van der Waals surface area (Å²) in [5.74, 6) is -0.440. The predicted octanol–water partition coefficient (Wildman–Crippen LogP) is 1.90. The van der Waals surface area contributed by atoms with Crippen LogP contribution in [0.5, 0.6) is 0 Å². The average Bonchev–Trinajstić information content (AvgIpc) is 3.26. The van der Waals surface area contributed by atoms with E-state index in [1.165, 1.54) is 17.5 Å². The maximum atomic E-state index is 12.4. The van der Waals surface area contributed by atoms with Gasteiger partial charge >= 0.3 is 0 Å². The van der Waals surface area contributed by atoms with Crippen molar-refractivity contribution in [3.63, 3.8) is 0 Å². The molecule has 6 heteroatoms. The third-order valence-corrected chi connectivity index (χ3v) is 4.86. The summed E-state index contributed by atoms with van der Waals surface area (Å²) in [6.07, 6.45) is 6.99. The van der Waals surface area contributed by atoms with E-state index in [0.29, 0.717) is 12.2 Å². The Morgan fingerprint density at radius 3 is 2.92 bits per heavy atom. The molecule has 1 aliphatic carbocycles. The molecule has 1 aromatic heterocycles. The molecule has 2 aliphatic rings. The molecule has 0 saturated carbocycles. The molecule has 1 aliphatic heterocycles. The minimum Gasteiger partial charge on any atom is -0.323 e. The van der Waals surface area contributed by atoms with Crippen LogP contribution in [0.1, 0.15) is 24.0 Å². The standard InChI is InChI=1S/C18H20N4O2/c1-21-11-15(9-19-21)20-18(24)14-8-17(23)22(10-14)16-6-5-12-3-2-4-13(12)7-16/h5-7,9,11,14H,2-4,8,10H2,1H3,(H,20,24). The summed E-state index contributed by atoms with van der Waals surface area (Å²) >= 11 is 0. The number of anilines is 2. The number of hydrogen-bond acceptors (Lipinski definition) is 3. The number of carbonyl (C=O) groups excluding carboxylic acids is 2. The molecule has 1 unspecified atom stereocenters. The maximum absolute atomic E-state index is 12.4. The first-order valence-corrected chi connectivity index (χ1v) is 8.32. The molecule has 24 heavy (non-hydrogen) atoms. The molecular formula is C18H20N4O2. The number of aryl methyl sites for hydroxylation is 3. The summed E-state index contributed by atoms with van der Waals surface area (Å²) in [6.45, 7) is 0.434. The highest BCUT2D eigenvalue weighted by atomic mass is 16.2. The molecule has 124 valence electrons. The molecule has 6 nitrogen and oxygen atoms in total. The number of rotatable bonds is 3. The van der Waals surface area contributed by atoms with Crippen LogP contribution >= 0.6 is 0 Å². The molecule has 2 aromatic rings. The molecule has 1 fully saturated rings. The van der Waals surface area contributed by atoms with E-state index in [2.05, 4.69) is 22.5 Å². The van der Waals surface area contributed by atoms with Gasteiger partial charge in [0.15, 0.2) is 0 Å². The molecule has 2 amide bonds. The van der Waals surface area contributed by atoms with E-state index < -0.39 is 0 Å². The lowest BCUT2D eigenvalue weighted by atomic mass is 10.1. The number of benzene rings is 1. The van der Waals surface area contributed by atoms with Crippen LogP contribution in [0.2, 0.25) is 0 Å². The number of hydrogen-bond donors (Lipinski definition) is 1. The number of carbonyl (C=O) groups is 2. The van der Waals surface area contributed by atoms with Gasteiger partial charge in [-0.05, 0) is 42.5 Å². The lowest BCUT2D eigenvalue weighted by Gasteiger charge is -2.18. The Morgan fingerprint density at radius 1 is 1.29 bits per heavy atom. The third-order valence-electron chi connectivity index (χ3n) is 4.86. The van der Waals surface area contributed by atoms with Crippen LogP contribution in [0.3, 0.4) is 0 Å². The highest BCUT2D eigenvalue weighted by molar-refractivity contribution is 6.03. The first-order valence-electron chi connectivity index (χ1n) is 8.32. The van der Waals surface area contributed by atoms with E-state index in [9.17, 15) is 9.59 Å². The van der Waals surface area contributed by atoms with Gasteiger partial charge in [-0.2, -0.15) is 5.10 Å². The van der Waals surface area contributed by atoms with Crippen molar-refractivity contribution in [1.82, 2.24) is 9.78 Å². The average molecular weight is 324 g/mol. The Balaban J connectivity index is 1.47. The van der Waals surface area contributed by atoms with Crippen molar-refractivity contribution in [2.24, 2.45) is 13.0 Å². The van der Waals surface area contributed by atoms with Crippen molar-refractivity contribution in [3.8, 4) is 0 Å². The summed E-state index contributed by atoms with van der Waals surface area (Å²) < 4.78 is 1.63. The van der Waals surface area contributed by atoms with Gasteiger partial charge in [-0.3, -0.25) is 14.3 Å². The van der Waals surface area contributed by atoms with E-state index in [1.54, 1.807) is 29.0 Å². The van der Waals surface area contributed by atoms with E-state index >= 15 is 0 Å². The highest BCUT2D eigenvalue weighted by Gasteiger charge is 2.35.